The highest BCUT2D eigenvalue weighted by Crippen LogP contribution is 2.39. The Kier molecular flexibility index (Phi) is 5.95. The molecule has 2 aliphatic rings. The topological polar surface area (TPSA) is 46.8 Å². The summed E-state index contributed by atoms with van der Waals surface area (Å²) in [5.41, 5.74) is 5.65. The van der Waals surface area contributed by atoms with E-state index in [1.807, 2.05) is 12.1 Å². The molecule has 6 rings (SSSR count). The van der Waals surface area contributed by atoms with Gasteiger partial charge in [0.2, 0.25) is 0 Å². The molecule has 35 heavy (non-hydrogen) atoms. The smallest absolute Gasteiger partial charge is 0.165 e. The van der Waals surface area contributed by atoms with Crippen molar-refractivity contribution in [1.82, 2.24) is 24.4 Å². The van der Waals surface area contributed by atoms with E-state index in [0.29, 0.717) is 32.6 Å². The molecule has 1 saturated carbocycles. The van der Waals surface area contributed by atoms with Crippen LogP contribution in [0.1, 0.15) is 19.3 Å². The number of likely N-dealkylation sites (tertiary alicyclic amines) is 1. The standard InChI is InChI=1S/C27H24Cl3N5/c1-16(18-2-3-18)34-11-10-17(13-34)14-35-26(33-24-25(30)31-15-32-27(24)35)20-6-4-19(5-7-20)22-9-8-21(28)12-23(22)29/h4-9,12,15,17-18H,1-3,10-11,13-14H2. The van der Waals surface area contributed by atoms with Crippen molar-refractivity contribution >= 4 is 46.0 Å². The van der Waals surface area contributed by atoms with Gasteiger partial charge in [-0.05, 0) is 48.8 Å². The Hall–Kier alpha value is -2.60. The zero-order chi connectivity index (χ0) is 24.1. The van der Waals surface area contributed by atoms with E-state index in [0.717, 1.165) is 54.2 Å². The second-order valence-corrected chi connectivity index (χ2v) is 10.7. The molecule has 5 nitrogen and oxygen atoms in total. The number of hydrogen-bond donors (Lipinski definition) is 0. The minimum absolute atomic E-state index is 0.370. The number of aromatic nitrogens is 4. The number of hydrogen-bond acceptors (Lipinski definition) is 4. The molecular formula is C27H24Cl3N5. The molecule has 0 amide bonds. The van der Waals surface area contributed by atoms with Crippen LogP contribution in [0.4, 0.5) is 0 Å². The molecule has 1 unspecified atom stereocenters. The van der Waals surface area contributed by atoms with Gasteiger partial charge in [-0.25, -0.2) is 15.0 Å². The van der Waals surface area contributed by atoms with Gasteiger partial charge in [0.15, 0.2) is 10.8 Å². The molecule has 0 radical (unpaired) electrons. The van der Waals surface area contributed by atoms with E-state index in [2.05, 4.69) is 50.3 Å². The Bertz CT molecular complexity index is 1430. The molecule has 0 bridgehead atoms. The van der Waals surface area contributed by atoms with Crippen LogP contribution in [0.3, 0.4) is 0 Å². The average Bonchev–Trinajstić information content (AvgIpc) is 3.49. The lowest BCUT2D eigenvalue weighted by Crippen LogP contribution is -2.22. The van der Waals surface area contributed by atoms with Gasteiger partial charge in [-0.1, -0.05) is 71.7 Å². The van der Waals surface area contributed by atoms with Crippen LogP contribution in [0.25, 0.3) is 33.7 Å². The Morgan fingerprint density at radius 3 is 2.49 bits per heavy atom. The van der Waals surface area contributed by atoms with E-state index < -0.39 is 0 Å². The molecule has 0 spiro atoms. The van der Waals surface area contributed by atoms with Gasteiger partial charge in [0.05, 0.1) is 0 Å². The Morgan fingerprint density at radius 2 is 1.74 bits per heavy atom. The van der Waals surface area contributed by atoms with Crippen molar-refractivity contribution in [2.75, 3.05) is 13.1 Å². The van der Waals surface area contributed by atoms with Gasteiger partial charge >= 0.3 is 0 Å². The van der Waals surface area contributed by atoms with E-state index in [4.69, 9.17) is 39.8 Å². The number of fused-ring (bicyclic) bond motifs is 1. The number of benzene rings is 2. The highest BCUT2D eigenvalue weighted by molar-refractivity contribution is 6.36. The summed E-state index contributed by atoms with van der Waals surface area (Å²) >= 11 is 18.9. The maximum absolute atomic E-state index is 6.43. The van der Waals surface area contributed by atoms with Crippen molar-refractivity contribution in [2.45, 2.75) is 25.8 Å². The Labute approximate surface area is 219 Å². The van der Waals surface area contributed by atoms with E-state index in [1.165, 1.54) is 24.9 Å². The molecule has 4 aromatic rings. The monoisotopic (exact) mass is 523 g/mol. The van der Waals surface area contributed by atoms with Crippen LogP contribution >= 0.6 is 34.8 Å². The number of nitrogens with zero attached hydrogens (tertiary/aromatic N) is 5. The van der Waals surface area contributed by atoms with Crippen molar-refractivity contribution in [3.8, 4) is 22.5 Å². The van der Waals surface area contributed by atoms with Crippen LogP contribution in [0.5, 0.6) is 0 Å². The lowest BCUT2D eigenvalue weighted by atomic mass is 10.0. The highest BCUT2D eigenvalue weighted by Gasteiger charge is 2.33. The number of imidazole rings is 1. The minimum atomic E-state index is 0.370. The van der Waals surface area contributed by atoms with E-state index in [-0.39, 0.29) is 0 Å². The Morgan fingerprint density at radius 1 is 0.971 bits per heavy atom. The fourth-order valence-corrected chi connectivity index (χ4v) is 5.69. The lowest BCUT2D eigenvalue weighted by Gasteiger charge is -2.21. The predicted octanol–water partition coefficient (Wildman–Crippen LogP) is 7.37. The molecule has 1 aliphatic heterocycles. The van der Waals surface area contributed by atoms with Crippen LogP contribution in [0, 0.1) is 11.8 Å². The van der Waals surface area contributed by atoms with Crippen molar-refractivity contribution in [3.63, 3.8) is 0 Å². The molecule has 1 atom stereocenters. The summed E-state index contributed by atoms with van der Waals surface area (Å²) in [6.07, 6.45) is 5.19. The zero-order valence-electron chi connectivity index (χ0n) is 19.1. The minimum Gasteiger partial charge on any atom is -0.375 e. The van der Waals surface area contributed by atoms with E-state index in [1.54, 1.807) is 6.07 Å². The maximum atomic E-state index is 6.43. The summed E-state index contributed by atoms with van der Waals surface area (Å²) in [5, 5.41) is 1.61. The third-order valence-electron chi connectivity index (χ3n) is 7.05. The largest absolute Gasteiger partial charge is 0.375 e. The van der Waals surface area contributed by atoms with Crippen molar-refractivity contribution in [3.05, 3.63) is 76.3 Å². The normalized spacial score (nSPS) is 17.9. The molecule has 2 aromatic heterocycles. The van der Waals surface area contributed by atoms with Crippen LogP contribution in [0.15, 0.2) is 61.1 Å². The molecule has 178 valence electrons. The van der Waals surface area contributed by atoms with Gasteiger partial charge in [0.25, 0.3) is 0 Å². The van der Waals surface area contributed by atoms with Gasteiger partial charge in [0, 0.05) is 46.5 Å². The third kappa shape index (κ3) is 4.42. The van der Waals surface area contributed by atoms with Crippen LogP contribution in [-0.2, 0) is 6.54 Å². The fourth-order valence-electron chi connectivity index (χ4n) is 5.00. The summed E-state index contributed by atoms with van der Waals surface area (Å²) in [6.45, 7) is 7.25. The van der Waals surface area contributed by atoms with Gasteiger partial charge in [-0.3, -0.25) is 0 Å². The predicted molar refractivity (Wildman–Crippen MR) is 143 cm³/mol. The van der Waals surface area contributed by atoms with Gasteiger partial charge in [-0.2, -0.15) is 0 Å². The van der Waals surface area contributed by atoms with Crippen LogP contribution in [-0.4, -0.2) is 37.5 Å². The third-order valence-corrected chi connectivity index (χ3v) is 7.88. The van der Waals surface area contributed by atoms with E-state index in [9.17, 15) is 0 Å². The zero-order valence-corrected chi connectivity index (χ0v) is 21.4. The summed E-state index contributed by atoms with van der Waals surface area (Å²) in [7, 11) is 0. The quantitative estimate of drug-likeness (QED) is 0.247. The highest BCUT2D eigenvalue weighted by atomic mass is 35.5. The van der Waals surface area contributed by atoms with E-state index >= 15 is 0 Å². The van der Waals surface area contributed by atoms with Gasteiger partial charge in [0.1, 0.15) is 17.7 Å². The molecule has 1 saturated heterocycles. The van der Waals surface area contributed by atoms with Crippen molar-refractivity contribution < 1.29 is 0 Å². The Balaban J connectivity index is 1.33. The average molecular weight is 525 g/mol. The first-order valence-electron chi connectivity index (χ1n) is 11.8. The number of rotatable bonds is 6. The van der Waals surface area contributed by atoms with Crippen molar-refractivity contribution in [2.24, 2.45) is 11.8 Å². The molecule has 2 aromatic carbocycles. The lowest BCUT2D eigenvalue weighted by molar-refractivity contribution is 0.372. The van der Waals surface area contributed by atoms with Crippen molar-refractivity contribution in [1.29, 1.82) is 0 Å². The summed E-state index contributed by atoms with van der Waals surface area (Å²) in [5.74, 6) is 2.02. The second kappa shape index (κ2) is 9.12. The first-order chi connectivity index (χ1) is 17.0. The SMILES string of the molecule is C=C(C1CC1)N1CCC(Cn2c(-c3ccc(-c4ccc(Cl)cc4Cl)cc3)nc3c(Cl)ncnc32)C1. The summed E-state index contributed by atoms with van der Waals surface area (Å²) in [4.78, 5) is 16.0. The van der Waals surface area contributed by atoms with Crippen LogP contribution in [0.2, 0.25) is 15.2 Å². The molecule has 3 heterocycles. The summed E-state index contributed by atoms with van der Waals surface area (Å²) < 4.78 is 2.20. The molecular weight excluding hydrogens is 501 g/mol. The first kappa shape index (κ1) is 22.8. The van der Waals surface area contributed by atoms with Gasteiger partial charge in [-0.15, -0.1) is 0 Å². The molecule has 1 aliphatic carbocycles. The number of halogens is 3. The fraction of sp³-hybridized carbons (Fsp3) is 0.296. The summed E-state index contributed by atoms with van der Waals surface area (Å²) in [6, 6.07) is 13.8. The first-order valence-corrected chi connectivity index (χ1v) is 13.0. The molecule has 0 N–H and O–H groups in total. The molecule has 8 heteroatoms. The maximum Gasteiger partial charge on any atom is 0.165 e. The van der Waals surface area contributed by atoms with Gasteiger partial charge < -0.3 is 9.47 Å². The second-order valence-electron chi connectivity index (χ2n) is 9.45. The van der Waals surface area contributed by atoms with Crippen LogP contribution < -0.4 is 0 Å². The molecule has 2 fully saturated rings. The number of allylic oxidation sites excluding steroid dienone is 1.